The molecule has 4 rings (SSSR count). The fourth-order valence-corrected chi connectivity index (χ4v) is 6.21. The monoisotopic (exact) mass is 391 g/mol. The standard InChI is InChI=1S/C20H29N3O3S/c21-13-15-6-9-22(14-15)20(24)17-7-10-23(11-8-17)27(25,26)19-5-4-16-2-1-3-18(16)12-19/h4-5,12,15,17H,1-3,6-11,13-14,21H2. The first kappa shape index (κ1) is 18.9. The van der Waals surface area contributed by atoms with Crippen LogP contribution in [0.25, 0.3) is 0 Å². The van der Waals surface area contributed by atoms with Crippen molar-refractivity contribution >= 4 is 15.9 Å². The minimum Gasteiger partial charge on any atom is -0.342 e. The van der Waals surface area contributed by atoms with Crippen molar-refractivity contribution in [3.05, 3.63) is 29.3 Å². The lowest BCUT2D eigenvalue weighted by Gasteiger charge is -2.32. The van der Waals surface area contributed by atoms with Gasteiger partial charge in [-0.05, 0) is 74.2 Å². The summed E-state index contributed by atoms with van der Waals surface area (Å²) in [4.78, 5) is 15.1. The van der Waals surface area contributed by atoms with Crippen LogP contribution in [0.5, 0.6) is 0 Å². The molecule has 1 aliphatic carbocycles. The van der Waals surface area contributed by atoms with E-state index in [4.69, 9.17) is 5.73 Å². The first-order chi connectivity index (χ1) is 13.0. The van der Waals surface area contributed by atoms with Gasteiger partial charge in [0.25, 0.3) is 0 Å². The second kappa shape index (κ2) is 7.53. The first-order valence-electron chi connectivity index (χ1n) is 10.1. The van der Waals surface area contributed by atoms with Crippen LogP contribution >= 0.6 is 0 Å². The molecule has 2 fully saturated rings. The zero-order chi connectivity index (χ0) is 19.0. The van der Waals surface area contributed by atoms with Crippen molar-refractivity contribution in [3.63, 3.8) is 0 Å². The number of nitrogens with zero attached hydrogens (tertiary/aromatic N) is 2. The summed E-state index contributed by atoms with van der Waals surface area (Å²) in [5.41, 5.74) is 8.17. The average Bonchev–Trinajstić information content (AvgIpc) is 3.36. The van der Waals surface area contributed by atoms with Crippen LogP contribution in [0.2, 0.25) is 0 Å². The molecule has 2 aliphatic heterocycles. The van der Waals surface area contributed by atoms with Gasteiger partial charge in [0.15, 0.2) is 0 Å². The number of benzene rings is 1. The Labute approximate surface area is 161 Å². The van der Waals surface area contributed by atoms with Gasteiger partial charge in [-0.3, -0.25) is 4.79 Å². The molecule has 1 amide bonds. The average molecular weight is 392 g/mol. The lowest BCUT2D eigenvalue weighted by atomic mass is 9.96. The summed E-state index contributed by atoms with van der Waals surface area (Å²) in [5, 5.41) is 0. The Bertz CT molecular complexity index is 816. The summed E-state index contributed by atoms with van der Waals surface area (Å²) in [7, 11) is -3.47. The summed E-state index contributed by atoms with van der Waals surface area (Å²) in [6.45, 7) is 3.01. The number of fused-ring (bicyclic) bond motifs is 1. The van der Waals surface area contributed by atoms with Crippen molar-refractivity contribution in [3.8, 4) is 0 Å². The predicted molar refractivity (Wildman–Crippen MR) is 104 cm³/mol. The zero-order valence-electron chi connectivity index (χ0n) is 15.8. The molecule has 27 heavy (non-hydrogen) atoms. The highest BCUT2D eigenvalue weighted by molar-refractivity contribution is 7.89. The summed E-state index contributed by atoms with van der Waals surface area (Å²) in [6.07, 6.45) is 5.31. The second-order valence-electron chi connectivity index (χ2n) is 8.14. The van der Waals surface area contributed by atoms with Crippen molar-refractivity contribution in [1.82, 2.24) is 9.21 Å². The smallest absolute Gasteiger partial charge is 0.243 e. The molecule has 6 nitrogen and oxygen atoms in total. The highest BCUT2D eigenvalue weighted by atomic mass is 32.2. The molecule has 148 valence electrons. The number of hydrogen-bond donors (Lipinski definition) is 1. The fourth-order valence-electron chi connectivity index (χ4n) is 4.68. The molecule has 0 bridgehead atoms. The Morgan fingerprint density at radius 1 is 1.07 bits per heavy atom. The van der Waals surface area contributed by atoms with Crippen molar-refractivity contribution in [2.75, 3.05) is 32.7 Å². The van der Waals surface area contributed by atoms with Crippen LogP contribution < -0.4 is 5.73 Å². The van der Waals surface area contributed by atoms with Gasteiger partial charge < -0.3 is 10.6 Å². The topological polar surface area (TPSA) is 83.7 Å². The Balaban J connectivity index is 1.39. The van der Waals surface area contributed by atoms with Crippen LogP contribution in [0.3, 0.4) is 0 Å². The van der Waals surface area contributed by atoms with Crippen molar-refractivity contribution < 1.29 is 13.2 Å². The van der Waals surface area contributed by atoms with Gasteiger partial charge in [0.05, 0.1) is 4.90 Å². The van der Waals surface area contributed by atoms with Crippen LogP contribution in [0.15, 0.2) is 23.1 Å². The third-order valence-corrected chi connectivity index (χ3v) is 8.34. The minimum absolute atomic E-state index is 0.0620. The maximum atomic E-state index is 13.0. The van der Waals surface area contributed by atoms with Crippen molar-refractivity contribution in [1.29, 1.82) is 0 Å². The van der Waals surface area contributed by atoms with E-state index < -0.39 is 10.0 Å². The van der Waals surface area contributed by atoms with Crippen LogP contribution in [0.4, 0.5) is 0 Å². The molecular formula is C20H29N3O3S. The molecule has 0 saturated carbocycles. The molecule has 1 aromatic carbocycles. The molecule has 0 spiro atoms. The number of amides is 1. The van der Waals surface area contributed by atoms with Gasteiger partial charge in [0.1, 0.15) is 0 Å². The van der Waals surface area contributed by atoms with Crippen molar-refractivity contribution in [2.24, 2.45) is 17.6 Å². The second-order valence-corrected chi connectivity index (χ2v) is 10.1. The molecule has 3 aliphatic rings. The fraction of sp³-hybridized carbons (Fsp3) is 0.650. The van der Waals surface area contributed by atoms with Gasteiger partial charge in [-0.1, -0.05) is 6.07 Å². The lowest BCUT2D eigenvalue weighted by molar-refractivity contribution is -0.135. The van der Waals surface area contributed by atoms with Crippen LogP contribution in [-0.2, 0) is 27.7 Å². The van der Waals surface area contributed by atoms with E-state index in [1.165, 1.54) is 11.1 Å². The van der Waals surface area contributed by atoms with E-state index in [0.717, 1.165) is 38.8 Å². The van der Waals surface area contributed by atoms with Gasteiger partial charge >= 0.3 is 0 Å². The van der Waals surface area contributed by atoms with Gasteiger partial charge in [0, 0.05) is 32.1 Å². The molecule has 0 radical (unpaired) electrons. The maximum absolute atomic E-state index is 13.0. The Hall–Kier alpha value is -1.44. The SMILES string of the molecule is NCC1CCN(C(=O)C2CCN(S(=O)(=O)c3ccc4c(c3)CCC4)CC2)C1. The normalized spacial score (nSPS) is 24.3. The number of carbonyl (C=O) groups excluding carboxylic acids is 1. The molecule has 0 aromatic heterocycles. The predicted octanol–water partition coefficient (Wildman–Crippen LogP) is 1.38. The first-order valence-corrected chi connectivity index (χ1v) is 11.5. The molecular weight excluding hydrogens is 362 g/mol. The quantitative estimate of drug-likeness (QED) is 0.841. The number of aryl methyl sites for hydroxylation is 2. The Morgan fingerprint density at radius 3 is 2.52 bits per heavy atom. The minimum atomic E-state index is -3.47. The van der Waals surface area contributed by atoms with Crippen LogP contribution in [0.1, 0.15) is 36.8 Å². The summed E-state index contributed by atoms with van der Waals surface area (Å²) in [6, 6.07) is 5.56. The lowest BCUT2D eigenvalue weighted by Crippen LogP contribution is -2.44. The Kier molecular flexibility index (Phi) is 5.27. The zero-order valence-corrected chi connectivity index (χ0v) is 16.6. The maximum Gasteiger partial charge on any atom is 0.243 e. The van der Waals surface area contributed by atoms with E-state index >= 15 is 0 Å². The van der Waals surface area contributed by atoms with E-state index in [-0.39, 0.29) is 11.8 Å². The van der Waals surface area contributed by atoms with Gasteiger partial charge in [-0.15, -0.1) is 0 Å². The third kappa shape index (κ3) is 3.65. The van der Waals surface area contributed by atoms with E-state index in [1.807, 2.05) is 17.0 Å². The van der Waals surface area contributed by atoms with E-state index in [2.05, 4.69) is 0 Å². The number of piperidine rings is 1. The van der Waals surface area contributed by atoms with Gasteiger partial charge in [-0.2, -0.15) is 4.31 Å². The summed E-state index contributed by atoms with van der Waals surface area (Å²) in [5.74, 6) is 0.530. The largest absolute Gasteiger partial charge is 0.342 e. The number of hydrogen-bond acceptors (Lipinski definition) is 4. The summed E-state index contributed by atoms with van der Waals surface area (Å²) >= 11 is 0. The van der Waals surface area contributed by atoms with Crippen LogP contribution in [0, 0.1) is 11.8 Å². The highest BCUT2D eigenvalue weighted by Crippen LogP contribution is 2.29. The molecule has 1 atom stereocenters. The number of carbonyl (C=O) groups is 1. The number of rotatable bonds is 4. The van der Waals surface area contributed by atoms with Crippen molar-refractivity contribution in [2.45, 2.75) is 43.4 Å². The molecule has 1 unspecified atom stereocenters. The number of nitrogens with two attached hydrogens (primary N) is 1. The van der Waals surface area contributed by atoms with Gasteiger partial charge in [-0.25, -0.2) is 8.42 Å². The highest BCUT2D eigenvalue weighted by Gasteiger charge is 2.36. The van der Waals surface area contributed by atoms with E-state index in [0.29, 0.717) is 43.3 Å². The van der Waals surface area contributed by atoms with Crippen LogP contribution in [-0.4, -0.2) is 56.3 Å². The molecule has 2 heterocycles. The van der Waals surface area contributed by atoms with E-state index in [1.54, 1.807) is 10.4 Å². The Morgan fingerprint density at radius 2 is 1.81 bits per heavy atom. The molecule has 2 saturated heterocycles. The molecule has 1 aromatic rings. The van der Waals surface area contributed by atoms with Gasteiger partial charge in [0.2, 0.25) is 15.9 Å². The summed E-state index contributed by atoms with van der Waals surface area (Å²) < 4.78 is 27.6. The van der Waals surface area contributed by atoms with E-state index in [9.17, 15) is 13.2 Å². The molecule has 7 heteroatoms. The molecule has 2 N–H and O–H groups in total. The third-order valence-electron chi connectivity index (χ3n) is 6.44. The number of sulfonamides is 1. The number of likely N-dealkylation sites (tertiary alicyclic amines) is 1.